The fourth-order valence-corrected chi connectivity index (χ4v) is 5.41. The molecule has 0 amide bonds. The first-order valence-electron chi connectivity index (χ1n) is 12.8. The number of hydrogen-bond donors (Lipinski definition) is 1. The molecule has 2 heteroatoms. The van der Waals surface area contributed by atoms with Crippen molar-refractivity contribution in [1.29, 1.82) is 0 Å². The van der Waals surface area contributed by atoms with Gasteiger partial charge < -0.3 is 5.11 Å². The molecule has 0 bridgehead atoms. The zero-order chi connectivity index (χ0) is 23.9. The fourth-order valence-electron chi connectivity index (χ4n) is 5.41. The first-order valence-corrected chi connectivity index (χ1v) is 12.8. The normalized spacial score (nSPS) is 24.7. The van der Waals surface area contributed by atoms with Crippen molar-refractivity contribution in [1.82, 2.24) is 0 Å². The van der Waals surface area contributed by atoms with Crippen molar-refractivity contribution in [3.8, 4) is 0 Å². The molecule has 2 nitrogen and oxygen atoms in total. The summed E-state index contributed by atoms with van der Waals surface area (Å²) in [6.07, 6.45) is 19.8. The molecule has 0 radical (unpaired) electrons. The molecule has 2 unspecified atom stereocenters. The van der Waals surface area contributed by atoms with Gasteiger partial charge in [0.2, 0.25) is 0 Å². The van der Waals surface area contributed by atoms with E-state index in [4.69, 9.17) is 6.58 Å². The summed E-state index contributed by atoms with van der Waals surface area (Å²) in [7, 11) is 0. The van der Waals surface area contributed by atoms with E-state index in [9.17, 15) is 9.90 Å². The number of carbonyl (C=O) groups excluding carboxylic acids is 1. The molecule has 2 aliphatic rings. The number of hydrogen-bond acceptors (Lipinski definition) is 2. The van der Waals surface area contributed by atoms with Crippen LogP contribution in [0.2, 0.25) is 0 Å². The van der Waals surface area contributed by atoms with Crippen LogP contribution in [0.25, 0.3) is 0 Å². The Labute approximate surface area is 197 Å². The Morgan fingerprint density at radius 2 is 1.84 bits per heavy atom. The van der Waals surface area contributed by atoms with E-state index in [2.05, 4.69) is 52.0 Å². The highest BCUT2D eigenvalue weighted by Gasteiger charge is 2.48. The third kappa shape index (κ3) is 6.01. The lowest BCUT2D eigenvalue weighted by molar-refractivity contribution is -0.129. The minimum atomic E-state index is -1.35. The second kappa shape index (κ2) is 11.5. The van der Waals surface area contributed by atoms with Crippen LogP contribution in [0, 0.1) is 11.3 Å². The Bertz CT molecular complexity index is 808. The smallest absolute Gasteiger partial charge is 0.193 e. The van der Waals surface area contributed by atoms with E-state index in [0.717, 1.165) is 44.9 Å². The monoisotopic (exact) mass is 438 g/mol. The van der Waals surface area contributed by atoms with Crippen molar-refractivity contribution >= 4 is 5.78 Å². The number of Topliss-reactive ketones (excluding diaryl/α,β-unsaturated/α-hetero) is 1. The molecule has 178 valence electrons. The van der Waals surface area contributed by atoms with Crippen LogP contribution in [0.4, 0.5) is 0 Å². The highest BCUT2D eigenvalue weighted by molar-refractivity contribution is 6.03. The van der Waals surface area contributed by atoms with Gasteiger partial charge in [-0.3, -0.25) is 4.79 Å². The van der Waals surface area contributed by atoms with E-state index in [-0.39, 0.29) is 11.2 Å². The number of carbonyl (C=O) groups is 1. The zero-order valence-electron chi connectivity index (χ0n) is 21.5. The average Bonchev–Trinajstić information content (AvgIpc) is 2.86. The number of rotatable bonds is 11. The summed E-state index contributed by atoms with van der Waals surface area (Å²) in [5, 5.41) is 10.4. The van der Waals surface area contributed by atoms with E-state index in [1.165, 1.54) is 41.6 Å². The Balaban J connectivity index is 2.62. The molecule has 0 heterocycles. The number of allylic oxidation sites excluding steroid dienone is 8. The Morgan fingerprint density at radius 1 is 1.19 bits per heavy atom. The van der Waals surface area contributed by atoms with Gasteiger partial charge >= 0.3 is 0 Å². The first-order chi connectivity index (χ1) is 15.1. The van der Waals surface area contributed by atoms with Gasteiger partial charge in [0, 0.05) is 16.9 Å². The Kier molecular flexibility index (Phi) is 9.52. The number of aliphatic hydroxyl groups is 1. The summed E-state index contributed by atoms with van der Waals surface area (Å²) in [6, 6.07) is 0. The van der Waals surface area contributed by atoms with Gasteiger partial charge in [-0.05, 0) is 70.9 Å². The largest absolute Gasteiger partial charge is 0.382 e. The molecule has 2 rings (SSSR count). The number of ketones is 1. The molecule has 1 fully saturated rings. The van der Waals surface area contributed by atoms with E-state index in [0.29, 0.717) is 11.5 Å². The van der Waals surface area contributed by atoms with Crippen LogP contribution >= 0.6 is 0 Å². The van der Waals surface area contributed by atoms with E-state index < -0.39 is 5.60 Å². The van der Waals surface area contributed by atoms with Gasteiger partial charge in [0.05, 0.1) is 0 Å². The van der Waals surface area contributed by atoms with Crippen molar-refractivity contribution in [2.75, 3.05) is 0 Å². The molecular formula is C30H46O2. The predicted molar refractivity (Wildman–Crippen MR) is 138 cm³/mol. The van der Waals surface area contributed by atoms with Gasteiger partial charge in [-0.2, -0.15) is 0 Å². The zero-order valence-corrected chi connectivity index (χ0v) is 21.5. The maximum absolute atomic E-state index is 13.0. The molecule has 2 atom stereocenters. The third-order valence-electron chi connectivity index (χ3n) is 7.21. The minimum absolute atomic E-state index is 0.0596. The summed E-state index contributed by atoms with van der Waals surface area (Å²) in [4.78, 5) is 13.0. The molecule has 0 spiro atoms. The van der Waals surface area contributed by atoms with Crippen LogP contribution < -0.4 is 0 Å². The first kappa shape index (κ1) is 26.6. The van der Waals surface area contributed by atoms with Crippen LogP contribution in [-0.2, 0) is 4.79 Å². The van der Waals surface area contributed by atoms with Crippen LogP contribution in [0.1, 0.15) is 106 Å². The van der Waals surface area contributed by atoms with Crippen molar-refractivity contribution in [3.63, 3.8) is 0 Å². The van der Waals surface area contributed by atoms with Gasteiger partial charge in [0.15, 0.2) is 5.78 Å². The van der Waals surface area contributed by atoms with E-state index in [1.54, 1.807) is 13.8 Å². The standard InChI is InChI=1S/C30H46O2/c1-8-10-12-20-30(19-11-9-2)23(5)25(17-13-15-22(3)4)26-18-14-16-24(21-27(26)30)28(31)29(6,7)32/h15-17,21,26,32H,5,8-14,18-20H2,1-4,6-7H3. The summed E-state index contributed by atoms with van der Waals surface area (Å²) < 4.78 is 0. The van der Waals surface area contributed by atoms with Crippen molar-refractivity contribution in [3.05, 3.63) is 58.7 Å². The number of fused-ring (bicyclic) bond motifs is 1. The average molecular weight is 439 g/mol. The minimum Gasteiger partial charge on any atom is -0.382 e. The second-order valence-electron chi connectivity index (χ2n) is 10.6. The van der Waals surface area contributed by atoms with Gasteiger partial charge in [0.25, 0.3) is 0 Å². The van der Waals surface area contributed by atoms with Gasteiger partial charge in [-0.15, -0.1) is 0 Å². The lowest BCUT2D eigenvalue weighted by Gasteiger charge is -2.34. The maximum Gasteiger partial charge on any atom is 0.193 e. The topological polar surface area (TPSA) is 37.3 Å². The fraction of sp³-hybridized carbons (Fsp3) is 0.633. The molecular weight excluding hydrogens is 392 g/mol. The highest BCUT2D eigenvalue weighted by atomic mass is 16.3. The second-order valence-corrected chi connectivity index (χ2v) is 10.6. The van der Waals surface area contributed by atoms with Gasteiger partial charge in [-0.25, -0.2) is 0 Å². The Hall–Kier alpha value is -1.67. The molecule has 2 aliphatic carbocycles. The lowest BCUT2D eigenvalue weighted by Crippen LogP contribution is -2.32. The van der Waals surface area contributed by atoms with Crippen LogP contribution in [0.3, 0.4) is 0 Å². The maximum atomic E-state index is 13.0. The molecule has 0 aromatic rings. The lowest BCUT2D eigenvalue weighted by atomic mass is 9.70. The van der Waals surface area contributed by atoms with Crippen molar-refractivity contribution in [2.24, 2.45) is 11.3 Å². The number of unbranched alkanes of at least 4 members (excludes halogenated alkanes) is 3. The molecule has 1 N–H and O–H groups in total. The molecule has 0 saturated heterocycles. The SMILES string of the molecule is C=C1C(=CCC=C(C)C)C2CCC=C(C(=O)C(C)(C)O)C=C2C1(CCCC)CCCCC. The predicted octanol–water partition coefficient (Wildman–Crippen LogP) is 8.20. The third-order valence-corrected chi connectivity index (χ3v) is 7.21. The molecule has 0 aromatic heterocycles. The quantitative estimate of drug-likeness (QED) is 0.261. The van der Waals surface area contributed by atoms with E-state index >= 15 is 0 Å². The summed E-state index contributed by atoms with van der Waals surface area (Å²) >= 11 is 0. The summed E-state index contributed by atoms with van der Waals surface area (Å²) in [5.41, 5.74) is 4.68. The molecule has 1 saturated carbocycles. The summed E-state index contributed by atoms with van der Waals surface area (Å²) in [5.74, 6) is 0.158. The van der Waals surface area contributed by atoms with E-state index in [1.807, 2.05) is 0 Å². The van der Waals surface area contributed by atoms with Crippen LogP contribution in [0.5, 0.6) is 0 Å². The van der Waals surface area contributed by atoms with Crippen molar-refractivity contribution < 1.29 is 9.90 Å². The van der Waals surface area contributed by atoms with Gasteiger partial charge in [0.1, 0.15) is 5.60 Å². The van der Waals surface area contributed by atoms with Crippen LogP contribution in [-0.4, -0.2) is 16.5 Å². The molecule has 0 aromatic carbocycles. The van der Waals surface area contributed by atoms with Gasteiger partial charge in [-0.1, -0.05) is 88.0 Å². The Morgan fingerprint density at radius 3 is 2.44 bits per heavy atom. The van der Waals surface area contributed by atoms with Crippen LogP contribution in [0.15, 0.2) is 58.7 Å². The summed E-state index contributed by atoms with van der Waals surface area (Å²) in [6.45, 7) is 16.7. The van der Waals surface area contributed by atoms with Crippen molar-refractivity contribution in [2.45, 2.75) is 111 Å². The molecule has 32 heavy (non-hydrogen) atoms. The highest BCUT2D eigenvalue weighted by Crippen LogP contribution is 2.60. The molecule has 0 aliphatic heterocycles.